The van der Waals surface area contributed by atoms with Gasteiger partial charge < -0.3 is 20.1 Å². The number of amides is 3. The van der Waals surface area contributed by atoms with E-state index in [9.17, 15) is 14.4 Å². The average molecular weight is 636 g/mol. The van der Waals surface area contributed by atoms with Gasteiger partial charge >= 0.3 is 0 Å². The maximum Gasteiger partial charge on any atom is 0.272 e. The van der Waals surface area contributed by atoms with Crippen LogP contribution in [-0.4, -0.2) is 52.8 Å². The minimum absolute atomic E-state index is 0.00713. The van der Waals surface area contributed by atoms with Crippen molar-refractivity contribution in [3.8, 4) is 11.5 Å². The van der Waals surface area contributed by atoms with Crippen LogP contribution in [0.25, 0.3) is 6.08 Å². The molecule has 0 saturated carbocycles. The molecule has 1 aromatic heterocycles. The van der Waals surface area contributed by atoms with Crippen LogP contribution in [0.1, 0.15) is 22.8 Å². The maximum absolute atomic E-state index is 13.4. The van der Waals surface area contributed by atoms with Crippen molar-refractivity contribution >= 4 is 69.7 Å². The van der Waals surface area contributed by atoms with Gasteiger partial charge in [0.15, 0.2) is 0 Å². The molecule has 3 amide bonds. The largest absolute Gasteiger partial charge is 0.497 e. The molecular formula is C30H29N5O5S3. The Kier molecular flexibility index (Phi) is 11.6. The van der Waals surface area contributed by atoms with Gasteiger partial charge in [-0.3, -0.25) is 19.7 Å². The molecule has 222 valence electrons. The summed E-state index contributed by atoms with van der Waals surface area (Å²) >= 11 is 4.01. The van der Waals surface area contributed by atoms with Crippen LogP contribution >= 0.6 is 35.1 Å². The van der Waals surface area contributed by atoms with E-state index in [1.807, 2.05) is 6.92 Å². The molecule has 10 nitrogen and oxygen atoms in total. The molecular weight excluding hydrogens is 607 g/mol. The first kappa shape index (κ1) is 31.6. The fourth-order valence-corrected chi connectivity index (χ4v) is 5.62. The summed E-state index contributed by atoms with van der Waals surface area (Å²) < 4.78 is 15.0. The summed E-state index contributed by atoms with van der Waals surface area (Å²) in [6, 6.07) is 20.8. The van der Waals surface area contributed by atoms with Crippen LogP contribution < -0.4 is 25.4 Å². The van der Waals surface area contributed by atoms with Gasteiger partial charge in [0.25, 0.3) is 11.8 Å². The van der Waals surface area contributed by atoms with E-state index in [-0.39, 0.29) is 17.4 Å². The van der Waals surface area contributed by atoms with Crippen LogP contribution in [0.5, 0.6) is 11.5 Å². The molecule has 0 unspecified atom stereocenters. The van der Waals surface area contributed by atoms with Crippen LogP contribution in [0.4, 0.5) is 10.8 Å². The van der Waals surface area contributed by atoms with E-state index < -0.39 is 11.8 Å². The molecule has 0 aliphatic rings. The molecule has 3 N–H and O–H groups in total. The smallest absolute Gasteiger partial charge is 0.272 e. The Morgan fingerprint density at radius 3 is 2.40 bits per heavy atom. The number of carbonyl (C=O) groups is 3. The Labute approximate surface area is 261 Å². The number of ether oxygens (including phenoxy) is 2. The molecule has 3 aromatic carbocycles. The van der Waals surface area contributed by atoms with Crippen molar-refractivity contribution in [3.05, 3.63) is 89.6 Å². The zero-order chi connectivity index (χ0) is 30.6. The summed E-state index contributed by atoms with van der Waals surface area (Å²) in [5.41, 5.74) is 1.45. The second-order valence-electron chi connectivity index (χ2n) is 8.62. The van der Waals surface area contributed by atoms with E-state index in [1.165, 1.54) is 43.8 Å². The Morgan fingerprint density at radius 2 is 1.70 bits per heavy atom. The highest BCUT2D eigenvalue weighted by Gasteiger charge is 2.17. The van der Waals surface area contributed by atoms with Crippen molar-refractivity contribution in [1.82, 2.24) is 14.7 Å². The van der Waals surface area contributed by atoms with Crippen molar-refractivity contribution in [2.75, 3.05) is 36.4 Å². The van der Waals surface area contributed by atoms with E-state index in [1.54, 1.807) is 72.8 Å². The van der Waals surface area contributed by atoms with Crippen molar-refractivity contribution in [3.63, 3.8) is 0 Å². The number of methoxy groups -OCH3 is 2. The van der Waals surface area contributed by atoms with Crippen molar-refractivity contribution in [2.24, 2.45) is 0 Å². The number of thioether (sulfide) groups is 2. The van der Waals surface area contributed by atoms with Crippen molar-refractivity contribution in [1.29, 1.82) is 0 Å². The summed E-state index contributed by atoms with van der Waals surface area (Å²) in [5.74, 6) is 0.927. The molecule has 1 heterocycles. The molecule has 4 aromatic rings. The minimum atomic E-state index is -0.536. The summed E-state index contributed by atoms with van der Waals surface area (Å²) in [6.07, 6.45) is 1.53. The van der Waals surface area contributed by atoms with Gasteiger partial charge in [-0.25, -0.2) is 0 Å². The normalized spacial score (nSPS) is 11.0. The fraction of sp³-hybridized carbons (Fsp3) is 0.167. The highest BCUT2D eigenvalue weighted by Crippen LogP contribution is 2.27. The third-order valence-corrected chi connectivity index (χ3v) is 8.16. The lowest BCUT2D eigenvalue weighted by molar-refractivity contribution is -0.114. The van der Waals surface area contributed by atoms with Gasteiger partial charge in [0.05, 0.1) is 20.0 Å². The van der Waals surface area contributed by atoms with Gasteiger partial charge in [0, 0.05) is 33.2 Å². The predicted octanol–water partition coefficient (Wildman–Crippen LogP) is 5.81. The first-order chi connectivity index (χ1) is 20.9. The number of carbonyl (C=O) groups excluding carboxylic acids is 3. The van der Waals surface area contributed by atoms with Crippen LogP contribution in [0.3, 0.4) is 0 Å². The number of nitrogens with zero attached hydrogens (tertiary/aromatic N) is 2. The van der Waals surface area contributed by atoms with Crippen molar-refractivity contribution < 1.29 is 23.9 Å². The number of nitrogens with one attached hydrogen (secondary N) is 3. The van der Waals surface area contributed by atoms with E-state index >= 15 is 0 Å². The molecule has 43 heavy (non-hydrogen) atoms. The van der Waals surface area contributed by atoms with E-state index in [2.05, 4.69) is 25.3 Å². The first-order valence-corrected chi connectivity index (χ1v) is 15.7. The third kappa shape index (κ3) is 9.33. The summed E-state index contributed by atoms with van der Waals surface area (Å²) in [4.78, 5) is 43.8. The first-order valence-electron chi connectivity index (χ1n) is 13.0. The molecule has 4 rings (SSSR count). The SMILES string of the molecule is CCSc1nsc(NC(=O)CSc2ccc(NC(=O)/C(=C/c3cc(OC)ccc3OC)NC(=O)c3ccccc3)cc2)n1. The average Bonchev–Trinajstić information content (AvgIpc) is 3.47. The van der Waals surface area contributed by atoms with Gasteiger partial charge in [0.1, 0.15) is 17.2 Å². The zero-order valence-electron chi connectivity index (χ0n) is 23.6. The summed E-state index contributed by atoms with van der Waals surface area (Å²) in [7, 11) is 3.05. The second-order valence-corrected chi connectivity index (χ2v) is 11.6. The summed E-state index contributed by atoms with van der Waals surface area (Å²) in [6.45, 7) is 2.01. The molecule has 0 aliphatic carbocycles. The summed E-state index contributed by atoms with van der Waals surface area (Å²) in [5, 5.41) is 9.42. The highest BCUT2D eigenvalue weighted by molar-refractivity contribution is 8.00. The van der Waals surface area contributed by atoms with E-state index in [4.69, 9.17) is 9.47 Å². The Balaban J connectivity index is 1.44. The lowest BCUT2D eigenvalue weighted by Crippen LogP contribution is -2.30. The molecule has 0 fully saturated rings. The number of hydrogen-bond donors (Lipinski definition) is 3. The van der Waals surface area contributed by atoms with Gasteiger partial charge in [-0.05, 0) is 66.4 Å². The van der Waals surface area contributed by atoms with E-state index in [0.717, 1.165) is 22.2 Å². The topological polar surface area (TPSA) is 132 Å². The fourth-order valence-electron chi connectivity index (χ4n) is 3.64. The van der Waals surface area contributed by atoms with Gasteiger partial charge in [-0.15, -0.1) is 11.8 Å². The number of aromatic nitrogens is 2. The van der Waals surface area contributed by atoms with Crippen LogP contribution in [0.2, 0.25) is 0 Å². The van der Waals surface area contributed by atoms with Crippen LogP contribution in [0, 0.1) is 0 Å². The van der Waals surface area contributed by atoms with E-state index in [0.29, 0.717) is 38.6 Å². The number of benzene rings is 3. The van der Waals surface area contributed by atoms with Crippen molar-refractivity contribution in [2.45, 2.75) is 17.0 Å². The van der Waals surface area contributed by atoms with Gasteiger partial charge in [0.2, 0.25) is 16.2 Å². The monoisotopic (exact) mass is 635 g/mol. The molecule has 0 saturated heterocycles. The maximum atomic E-state index is 13.4. The molecule has 0 spiro atoms. The Hall–Kier alpha value is -4.33. The van der Waals surface area contributed by atoms with Crippen LogP contribution in [0.15, 0.2) is 88.5 Å². The van der Waals surface area contributed by atoms with Gasteiger partial charge in [-0.2, -0.15) is 9.36 Å². The highest BCUT2D eigenvalue weighted by atomic mass is 32.2. The lowest BCUT2D eigenvalue weighted by Gasteiger charge is -2.13. The molecule has 13 heteroatoms. The lowest BCUT2D eigenvalue weighted by atomic mass is 10.1. The molecule has 0 radical (unpaired) electrons. The number of hydrogen-bond acceptors (Lipinski definition) is 10. The van der Waals surface area contributed by atoms with Crippen LogP contribution in [-0.2, 0) is 9.59 Å². The minimum Gasteiger partial charge on any atom is -0.497 e. The zero-order valence-corrected chi connectivity index (χ0v) is 26.0. The predicted molar refractivity (Wildman–Crippen MR) is 172 cm³/mol. The molecule has 0 aliphatic heterocycles. The molecule has 0 atom stereocenters. The number of rotatable bonds is 13. The quantitative estimate of drug-likeness (QED) is 0.123. The third-order valence-electron chi connectivity index (χ3n) is 5.67. The van der Waals surface area contributed by atoms with Gasteiger partial charge in [-0.1, -0.05) is 36.9 Å². The Morgan fingerprint density at radius 1 is 0.930 bits per heavy atom. The number of anilines is 2. The standard InChI is InChI=1S/C30H29N5O5S3/c1-4-41-30-34-29(43-35-30)33-26(36)18-42-23-13-10-21(11-14-23)31-28(38)24(32-27(37)19-8-6-5-7-9-19)17-20-16-22(39-2)12-15-25(20)40-3/h5-17H,4,18H2,1-3H3,(H,31,38)(H,32,37)(H,33,34,35,36)/b24-17-. The Bertz CT molecular complexity index is 1590. The second kappa shape index (κ2) is 15.8. The molecule has 0 bridgehead atoms.